The Bertz CT molecular complexity index is 1730. The number of carbonyl (C=O) groups excluding carboxylic acids is 2. The molecule has 0 fully saturated rings. The van der Waals surface area contributed by atoms with Gasteiger partial charge in [-0.3, -0.25) is 13.9 Å². The number of anilines is 1. The molecule has 2 amide bonds. The minimum absolute atomic E-state index is 0.00614. The molecule has 0 unspecified atom stereocenters. The SMILES string of the molecule is CCOc1ccccc1N(CC(=O)N(Cc1ccc(Cl)cc1Cl)[C@@H](Cc1ccccc1)C(=O)NC)S(=O)(=O)c1ccc(C)cc1. The largest absolute Gasteiger partial charge is 0.492 e. The number of benzene rings is 4. The molecule has 4 aromatic rings. The summed E-state index contributed by atoms with van der Waals surface area (Å²) in [5.74, 6) is -0.740. The van der Waals surface area contributed by atoms with E-state index < -0.39 is 34.4 Å². The highest BCUT2D eigenvalue weighted by Crippen LogP contribution is 2.33. The summed E-state index contributed by atoms with van der Waals surface area (Å²) in [6, 6.07) is 26.2. The average molecular weight is 669 g/mol. The smallest absolute Gasteiger partial charge is 0.264 e. The lowest BCUT2D eigenvalue weighted by molar-refractivity contribution is -0.139. The molecule has 0 aromatic heterocycles. The van der Waals surface area contributed by atoms with Crippen LogP contribution in [0.3, 0.4) is 0 Å². The predicted octanol–water partition coefficient (Wildman–Crippen LogP) is 6.28. The van der Waals surface area contributed by atoms with E-state index in [4.69, 9.17) is 27.9 Å². The van der Waals surface area contributed by atoms with E-state index in [1.165, 1.54) is 24.1 Å². The van der Waals surface area contributed by atoms with Gasteiger partial charge in [-0.25, -0.2) is 8.42 Å². The third kappa shape index (κ3) is 8.36. The molecule has 4 aromatic carbocycles. The van der Waals surface area contributed by atoms with Gasteiger partial charge in [0.05, 0.1) is 17.2 Å². The van der Waals surface area contributed by atoms with Gasteiger partial charge in [0.2, 0.25) is 11.8 Å². The molecule has 11 heteroatoms. The lowest BCUT2D eigenvalue weighted by atomic mass is 10.0. The molecule has 0 aliphatic rings. The molecule has 4 rings (SSSR count). The molecule has 0 aliphatic heterocycles. The van der Waals surface area contributed by atoms with E-state index in [0.717, 1.165) is 15.4 Å². The van der Waals surface area contributed by atoms with Gasteiger partial charge in [-0.1, -0.05) is 89.4 Å². The van der Waals surface area contributed by atoms with Gasteiger partial charge in [0.15, 0.2) is 0 Å². The van der Waals surface area contributed by atoms with Gasteiger partial charge in [0, 0.05) is 30.1 Å². The van der Waals surface area contributed by atoms with Crippen molar-refractivity contribution < 1.29 is 22.7 Å². The average Bonchev–Trinajstić information content (AvgIpc) is 3.03. The lowest BCUT2D eigenvalue weighted by Crippen LogP contribution is -2.53. The van der Waals surface area contributed by atoms with E-state index in [1.54, 1.807) is 61.5 Å². The Labute approximate surface area is 274 Å². The van der Waals surface area contributed by atoms with E-state index in [0.29, 0.717) is 21.4 Å². The summed E-state index contributed by atoms with van der Waals surface area (Å²) >= 11 is 12.7. The normalized spacial score (nSPS) is 11.8. The molecule has 236 valence electrons. The van der Waals surface area contributed by atoms with Gasteiger partial charge in [0.25, 0.3) is 10.0 Å². The number of hydrogen-bond donors (Lipinski definition) is 1. The third-order valence-corrected chi connectivity index (χ3v) is 9.56. The Balaban J connectivity index is 1.84. The Morgan fingerprint density at radius 3 is 2.22 bits per heavy atom. The van der Waals surface area contributed by atoms with Crippen LogP contribution in [0, 0.1) is 6.92 Å². The zero-order valence-electron chi connectivity index (χ0n) is 25.2. The van der Waals surface area contributed by atoms with E-state index in [1.807, 2.05) is 37.3 Å². The number of carbonyl (C=O) groups is 2. The number of ether oxygens (including phenoxy) is 1. The van der Waals surface area contributed by atoms with Crippen molar-refractivity contribution in [3.05, 3.63) is 124 Å². The molecule has 0 spiro atoms. The zero-order chi connectivity index (χ0) is 32.6. The van der Waals surface area contributed by atoms with E-state index in [9.17, 15) is 18.0 Å². The van der Waals surface area contributed by atoms with Gasteiger partial charge in [-0.05, 0) is 61.4 Å². The monoisotopic (exact) mass is 667 g/mol. The molecule has 1 N–H and O–H groups in total. The van der Waals surface area contributed by atoms with Gasteiger partial charge in [-0.2, -0.15) is 0 Å². The predicted molar refractivity (Wildman–Crippen MR) is 178 cm³/mol. The van der Waals surface area contributed by atoms with Crippen molar-refractivity contribution >= 4 is 50.7 Å². The Kier molecular flexibility index (Phi) is 11.5. The fourth-order valence-corrected chi connectivity index (χ4v) is 6.74. The number of aryl methyl sites for hydroxylation is 1. The zero-order valence-corrected chi connectivity index (χ0v) is 27.6. The van der Waals surface area contributed by atoms with Crippen LogP contribution in [0.4, 0.5) is 5.69 Å². The lowest BCUT2D eigenvalue weighted by Gasteiger charge is -2.34. The Morgan fingerprint density at radius 1 is 0.911 bits per heavy atom. The topological polar surface area (TPSA) is 96.0 Å². The molecule has 0 radical (unpaired) electrons. The first-order valence-corrected chi connectivity index (χ1v) is 16.5. The highest BCUT2D eigenvalue weighted by molar-refractivity contribution is 7.92. The van der Waals surface area contributed by atoms with Crippen LogP contribution in [0.5, 0.6) is 5.75 Å². The number of likely N-dealkylation sites (N-methyl/N-ethyl adjacent to an activating group) is 1. The molecular weight excluding hydrogens is 633 g/mol. The van der Waals surface area contributed by atoms with E-state index in [2.05, 4.69) is 5.32 Å². The third-order valence-electron chi connectivity index (χ3n) is 7.19. The summed E-state index contributed by atoms with van der Waals surface area (Å²) in [5, 5.41) is 3.38. The molecule has 0 aliphatic carbocycles. The highest BCUT2D eigenvalue weighted by atomic mass is 35.5. The standard InChI is InChI=1S/C34H35Cl2N3O5S/c1-4-44-32-13-9-8-12-30(32)39(45(42,43)28-18-14-24(2)15-19-28)23-33(40)38(22-26-16-17-27(35)21-29(26)36)31(34(41)37-3)20-25-10-6-5-7-11-25/h5-19,21,31H,4,20,22-23H2,1-3H3,(H,37,41)/t31-/m0/s1. The van der Waals surface area contributed by atoms with Crippen molar-refractivity contribution in [2.45, 2.75) is 37.8 Å². The maximum absolute atomic E-state index is 14.5. The number of rotatable bonds is 13. The number of sulfonamides is 1. The van der Waals surface area contributed by atoms with Crippen LogP contribution >= 0.6 is 23.2 Å². The number of nitrogens with one attached hydrogen (secondary N) is 1. The first-order chi connectivity index (χ1) is 21.5. The fraction of sp³-hybridized carbons (Fsp3) is 0.235. The molecule has 0 saturated heterocycles. The highest BCUT2D eigenvalue weighted by Gasteiger charge is 2.35. The van der Waals surface area contributed by atoms with Gasteiger partial charge in [-0.15, -0.1) is 0 Å². The van der Waals surface area contributed by atoms with Crippen LogP contribution in [0.2, 0.25) is 10.0 Å². The summed E-state index contributed by atoms with van der Waals surface area (Å²) < 4.78 is 35.3. The van der Waals surface area contributed by atoms with Crippen molar-refractivity contribution in [2.75, 3.05) is 24.5 Å². The first-order valence-electron chi connectivity index (χ1n) is 14.3. The maximum Gasteiger partial charge on any atom is 0.264 e. The van der Waals surface area contributed by atoms with Gasteiger partial charge in [0.1, 0.15) is 18.3 Å². The van der Waals surface area contributed by atoms with Gasteiger partial charge < -0.3 is 15.0 Å². The van der Waals surface area contributed by atoms with Crippen molar-refractivity contribution in [2.24, 2.45) is 0 Å². The second-order valence-corrected chi connectivity index (χ2v) is 13.0. The van der Waals surface area contributed by atoms with Crippen molar-refractivity contribution in [3.63, 3.8) is 0 Å². The van der Waals surface area contributed by atoms with Crippen LogP contribution in [0.15, 0.2) is 102 Å². The first kappa shape index (κ1) is 33.8. The summed E-state index contributed by atoms with van der Waals surface area (Å²) in [6.45, 7) is 3.23. The maximum atomic E-state index is 14.5. The number of halogens is 2. The fourth-order valence-electron chi connectivity index (χ4n) is 4.85. The number of nitrogens with zero attached hydrogens (tertiary/aromatic N) is 2. The Hall–Kier alpha value is -4.05. The van der Waals surface area contributed by atoms with Crippen LogP contribution in [-0.4, -0.2) is 51.4 Å². The van der Waals surface area contributed by atoms with Crippen molar-refractivity contribution in [1.29, 1.82) is 0 Å². The second kappa shape index (κ2) is 15.3. The van der Waals surface area contributed by atoms with Crippen LogP contribution in [0.1, 0.15) is 23.6 Å². The number of para-hydroxylation sites is 2. The minimum atomic E-state index is -4.28. The molecule has 0 heterocycles. The van der Waals surface area contributed by atoms with E-state index >= 15 is 0 Å². The van der Waals surface area contributed by atoms with Crippen LogP contribution < -0.4 is 14.4 Å². The number of amides is 2. The molecule has 0 bridgehead atoms. The second-order valence-electron chi connectivity index (χ2n) is 10.3. The van der Waals surface area contributed by atoms with Crippen LogP contribution in [0.25, 0.3) is 0 Å². The van der Waals surface area contributed by atoms with Crippen molar-refractivity contribution in [3.8, 4) is 5.75 Å². The van der Waals surface area contributed by atoms with E-state index in [-0.39, 0.29) is 30.2 Å². The Morgan fingerprint density at radius 2 is 1.58 bits per heavy atom. The molecule has 0 saturated carbocycles. The summed E-state index contributed by atoms with van der Waals surface area (Å²) in [6.07, 6.45) is 0.178. The van der Waals surface area contributed by atoms with Gasteiger partial charge >= 0.3 is 0 Å². The quantitative estimate of drug-likeness (QED) is 0.181. The molecule has 8 nitrogen and oxygen atoms in total. The number of hydrogen-bond acceptors (Lipinski definition) is 5. The summed E-state index contributed by atoms with van der Waals surface area (Å²) in [5.41, 5.74) is 2.43. The van der Waals surface area contributed by atoms with Crippen molar-refractivity contribution in [1.82, 2.24) is 10.2 Å². The van der Waals surface area contributed by atoms with Crippen LogP contribution in [-0.2, 0) is 32.6 Å². The molecule has 45 heavy (non-hydrogen) atoms. The molecular formula is C34H35Cl2N3O5S. The molecule has 1 atom stereocenters. The minimum Gasteiger partial charge on any atom is -0.492 e. The summed E-state index contributed by atoms with van der Waals surface area (Å²) in [4.78, 5) is 29.3. The summed E-state index contributed by atoms with van der Waals surface area (Å²) in [7, 11) is -2.78.